The van der Waals surface area contributed by atoms with Crippen molar-refractivity contribution in [2.24, 2.45) is 5.92 Å². The molecule has 0 radical (unpaired) electrons. The largest absolute Gasteiger partial charge is 0.493 e. The first-order valence-electron chi connectivity index (χ1n) is 8.39. The normalized spacial score (nSPS) is 17.3. The third-order valence-corrected chi connectivity index (χ3v) is 4.47. The number of nitrogens with one attached hydrogen (secondary N) is 1. The maximum atomic E-state index is 12.0. The van der Waals surface area contributed by atoms with Crippen molar-refractivity contribution in [3.05, 3.63) is 35.9 Å². The van der Waals surface area contributed by atoms with E-state index in [0.717, 1.165) is 31.0 Å². The van der Waals surface area contributed by atoms with Crippen LogP contribution in [0.15, 0.2) is 24.8 Å². The molecule has 0 bridgehead atoms. The molecule has 0 aliphatic carbocycles. The summed E-state index contributed by atoms with van der Waals surface area (Å²) in [6, 6.07) is 4.20. The molecule has 1 aliphatic rings. The summed E-state index contributed by atoms with van der Waals surface area (Å²) in [5.74, 6) is 1.52. The van der Waals surface area contributed by atoms with Gasteiger partial charge in [0, 0.05) is 25.6 Å². The number of hydrogen-bond acceptors (Lipinski definition) is 4. The van der Waals surface area contributed by atoms with E-state index in [4.69, 9.17) is 9.47 Å². The molecule has 0 spiro atoms. The van der Waals surface area contributed by atoms with Gasteiger partial charge in [-0.2, -0.15) is 0 Å². The summed E-state index contributed by atoms with van der Waals surface area (Å²) in [5.41, 5.74) is 2.43. The average Bonchev–Trinajstić information content (AvgIpc) is 2.59. The van der Waals surface area contributed by atoms with Gasteiger partial charge < -0.3 is 14.8 Å². The number of fused-ring (bicyclic) bond motifs is 1. The molecule has 132 valence electrons. The molecule has 1 aromatic carbocycles. The first kappa shape index (κ1) is 18.3. The number of benzene rings is 1. The zero-order chi connectivity index (χ0) is 17.7. The summed E-state index contributed by atoms with van der Waals surface area (Å²) in [5, 5.41) is 3.06. The Morgan fingerprint density at radius 3 is 2.62 bits per heavy atom. The van der Waals surface area contributed by atoms with Gasteiger partial charge in [0.15, 0.2) is 11.5 Å². The van der Waals surface area contributed by atoms with E-state index in [1.54, 1.807) is 14.2 Å². The van der Waals surface area contributed by atoms with Gasteiger partial charge in [-0.1, -0.05) is 19.9 Å². The van der Waals surface area contributed by atoms with Crippen molar-refractivity contribution in [2.45, 2.75) is 26.3 Å². The fraction of sp³-hybridized carbons (Fsp3) is 0.526. The molecule has 0 saturated carbocycles. The van der Waals surface area contributed by atoms with Crippen LogP contribution in [0.25, 0.3) is 0 Å². The van der Waals surface area contributed by atoms with Crippen molar-refractivity contribution in [3.63, 3.8) is 0 Å². The van der Waals surface area contributed by atoms with Gasteiger partial charge in [0.2, 0.25) is 5.91 Å². The number of nitrogens with zero attached hydrogens (tertiary/aromatic N) is 1. The Bertz CT molecular complexity index is 599. The topological polar surface area (TPSA) is 50.8 Å². The molecule has 1 aromatic rings. The van der Waals surface area contributed by atoms with E-state index in [-0.39, 0.29) is 17.9 Å². The minimum Gasteiger partial charge on any atom is -0.493 e. The first-order chi connectivity index (χ1) is 11.5. The number of ether oxygens (including phenoxy) is 2. The second-order valence-electron chi connectivity index (χ2n) is 6.36. The monoisotopic (exact) mass is 332 g/mol. The Morgan fingerprint density at radius 1 is 1.38 bits per heavy atom. The van der Waals surface area contributed by atoms with Crippen LogP contribution in [0.1, 0.15) is 31.0 Å². The zero-order valence-corrected chi connectivity index (χ0v) is 15.1. The van der Waals surface area contributed by atoms with Crippen LogP contribution in [-0.4, -0.2) is 44.7 Å². The number of amides is 1. The number of hydrogen-bond donors (Lipinski definition) is 1. The number of carbonyl (C=O) groups excluding carboxylic acids is 1. The lowest BCUT2D eigenvalue weighted by atomic mass is 9.91. The van der Waals surface area contributed by atoms with Crippen molar-refractivity contribution in [3.8, 4) is 11.5 Å². The lowest BCUT2D eigenvalue weighted by molar-refractivity contribution is -0.124. The molecular weight excluding hydrogens is 304 g/mol. The molecule has 24 heavy (non-hydrogen) atoms. The minimum absolute atomic E-state index is 0.0219. The van der Waals surface area contributed by atoms with Gasteiger partial charge >= 0.3 is 0 Å². The molecule has 5 heteroatoms. The molecule has 1 amide bonds. The van der Waals surface area contributed by atoms with Crippen molar-refractivity contribution < 1.29 is 14.3 Å². The van der Waals surface area contributed by atoms with Crippen LogP contribution in [0.4, 0.5) is 0 Å². The highest BCUT2D eigenvalue weighted by atomic mass is 16.5. The van der Waals surface area contributed by atoms with Gasteiger partial charge in [0.05, 0.1) is 20.3 Å². The van der Waals surface area contributed by atoms with Crippen molar-refractivity contribution in [2.75, 3.05) is 33.9 Å². The minimum atomic E-state index is -0.0219. The fourth-order valence-electron chi connectivity index (χ4n) is 3.10. The Balaban J connectivity index is 2.33. The Kier molecular flexibility index (Phi) is 6.26. The van der Waals surface area contributed by atoms with Gasteiger partial charge in [0.25, 0.3) is 0 Å². The molecule has 2 rings (SSSR count). The van der Waals surface area contributed by atoms with E-state index in [1.165, 1.54) is 11.1 Å². The van der Waals surface area contributed by atoms with Gasteiger partial charge in [-0.15, -0.1) is 6.58 Å². The van der Waals surface area contributed by atoms with Crippen LogP contribution < -0.4 is 14.8 Å². The van der Waals surface area contributed by atoms with E-state index in [1.807, 2.05) is 26.0 Å². The van der Waals surface area contributed by atoms with E-state index < -0.39 is 0 Å². The molecule has 0 saturated heterocycles. The van der Waals surface area contributed by atoms with E-state index >= 15 is 0 Å². The van der Waals surface area contributed by atoms with Gasteiger partial charge in [0.1, 0.15) is 0 Å². The molecule has 1 N–H and O–H groups in total. The van der Waals surface area contributed by atoms with Gasteiger partial charge in [-0.25, -0.2) is 0 Å². The quantitative estimate of drug-likeness (QED) is 0.780. The van der Waals surface area contributed by atoms with Crippen LogP contribution in [-0.2, 0) is 11.2 Å². The van der Waals surface area contributed by atoms with Crippen molar-refractivity contribution in [1.29, 1.82) is 0 Å². The molecule has 0 unspecified atom stereocenters. The number of rotatable bonds is 7. The molecule has 0 aromatic heterocycles. The summed E-state index contributed by atoms with van der Waals surface area (Å²) >= 11 is 0. The molecule has 0 fully saturated rings. The van der Waals surface area contributed by atoms with Crippen LogP contribution >= 0.6 is 0 Å². The summed E-state index contributed by atoms with van der Waals surface area (Å²) in [6.07, 6.45) is 2.85. The SMILES string of the molecule is C=CCN1CCc2cc(OC)c(OC)cc2[C@H]1CNC(=O)C(C)C. The zero-order valence-electron chi connectivity index (χ0n) is 15.1. The summed E-state index contributed by atoms with van der Waals surface area (Å²) < 4.78 is 10.9. The smallest absolute Gasteiger partial charge is 0.222 e. The lowest BCUT2D eigenvalue weighted by Gasteiger charge is -2.37. The van der Waals surface area contributed by atoms with Crippen LogP contribution in [0.2, 0.25) is 0 Å². The van der Waals surface area contributed by atoms with Crippen LogP contribution in [0.3, 0.4) is 0 Å². The molecule has 1 aliphatic heterocycles. The second kappa shape index (κ2) is 8.20. The Labute approximate surface area is 144 Å². The Hall–Kier alpha value is -2.01. The van der Waals surface area contributed by atoms with E-state index in [0.29, 0.717) is 6.54 Å². The molecule has 1 atom stereocenters. The maximum absolute atomic E-state index is 12.0. The fourth-order valence-corrected chi connectivity index (χ4v) is 3.10. The van der Waals surface area contributed by atoms with E-state index in [9.17, 15) is 4.79 Å². The summed E-state index contributed by atoms with van der Waals surface area (Å²) in [7, 11) is 3.29. The standard InChI is InChI=1S/C19H28N2O3/c1-6-8-21-9-7-14-10-17(23-4)18(24-5)11-15(14)16(21)12-20-19(22)13(2)3/h6,10-11,13,16H,1,7-9,12H2,2-5H3,(H,20,22)/t16-/m1/s1. The summed E-state index contributed by atoms with van der Waals surface area (Å²) in [4.78, 5) is 14.3. The molecule has 5 nitrogen and oxygen atoms in total. The van der Waals surface area contributed by atoms with E-state index in [2.05, 4.69) is 22.9 Å². The second-order valence-corrected chi connectivity index (χ2v) is 6.36. The predicted molar refractivity (Wildman–Crippen MR) is 95.6 cm³/mol. The first-order valence-corrected chi connectivity index (χ1v) is 8.39. The lowest BCUT2D eigenvalue weighted by Crippen LogP contribution is -2.43. The highest BCUT2D eigenvalue weighted by molar-refractivity contribution is 5.77. The van der Waals surface area contributed by atoms with Crippen LogP contribution in [0, 0.1) is 5.92 Å². The molecular formula is C19H28N2O3. The number of methoxy groups -OCH3 is 2. The molecule has 1 heterocycles. The highest BCUT2D eigenvalue weighted by Crippen LogP contribution is 2.37. The van der Waals surface area contributed by atoms with Gasteiger partial charge in [-0.3, -0.25) is 9.69 Å². The third-order valence-electron chi connectivity index (χ3n) is 4.47. The highest BCUT2D eigenvalue weighted by Gasteiger charge is 2.29. The third kappa shape index (κ3) is 3.90. The number of carbonyl (C=O) groups is 1. The van der Waals surface area contributed by atoms with Gasteiger partial charge in [-0.05, 0) is 29.7 Å². The average molecular weight is 332 g/mol. The van der Waals surface area contributed by atoms with Crippen molar-refractivity contribution in [1.82, 2.24) is 10.2 Å². The predicted octanol–water partition coefficient (Wildman–Crippen LogP) is 2.56. The van der Waals surface area contributed by atoms with Crippen molar-refractivity contribution >= 4 is 5.91 Å². The maximum Gasteiger partial charge on any atom is 0.222 e. The Morgan fingerprint density at radius 2 is 2.04 bits per heavy atom. The van der Waals surface area contributed by atoms with Crippen LogP contribution in [0.5, 0.6) is 11.5 Å². The summed E-state index contributed by atoms with van der Waals surface area (Å²) in [6.45, 7) is 9.95.